The molecule has 1 heteroatoms. The summed E-state index contributed by atoms with van der Waals surface area (Å²) in [5, 5.41) is 11.4. The van der Waals surface area contributed by atoms with Gasteiger partial charge >= 0.3 is 0 Å². The number of hydrogen-bond donors (Lipinski definition) is 1. The molecule has 0 unspecified atom stereocenters. The van der Waals surface area contributed by atoms with Crippen LogP contribution >= 0.6 is 0 Å². The first-order valence-electron chi connectivity index (χ1n) is 11.8. The van der Waals surface area contributed by atoms with Gasteiger partial charge in [0.15, 0.2) is 0 Å². The fraction of sp³-hybridized carbons (Fsp3) is 0.188. The van der Waals surface area contributed by atoms with E-state index < -0.39 is 6.10 Å². The number of benzene rings is 4. The van der Waals surface area contributed by atoms with Crippen LogP contribution in [0.4, 0.5) is 0 Å². The average molecular weight is 433 g/mol. The monoisotopic (exact) mass is 432 g/mol. The molecule has 1 nitrogen and oxygen atoms in total. The van der Waals surface area contributed by atoms with Gasteiger partial charge < -0.3 is 5.11 Å². The van der Waals surface area contributed by atoms with Crippen molar-refractivity contribution in [3.05, 3.63) is 155 Å². The van der Waals surface area contributed by atoms with E-state index >= 15 is 0 Å². The minimum absolute atomic E-state index is 0.0878. The third kappa shape index (κ3) is 6.78. The molecule has 0 saturated carbocycles. The number of hydrogen-bond acceptors (Lipinski definition) is 1. The van der Waals surface area contributed by atoms with Gasteiger partial charge in [-0.15, -0.1) is 0 Å². The molecule has 4 aromatic carbocycles. The van der Waals surface area contributed by atoms with Crippen molar-refractivity contribution in [2.75, 3.05) is 0 Å². The van der Waals surface area contributed by atoms with E-state index in [1.807, 2.05) is 36.4 Å². The van der Waals surface area contributed by atoms with Crippen LogP contribution in [0.25, 0.3) is 0 Å². The van der Waals surface area contributed by atoms with Crippen LogP contribution in [0.5, 0.6) is 0 Å². The molecule has 0 spiro atoms. The maximum atomic E-state index is 11.4. The quantitative estimate of drug-likeness (QED) is 0.255. The first kappa shape index (κ1) is 22.8. The Morgan fingerprint density at radius 1 is 0.545 bits per heavy atom. The maximum absolute atomic E-state index is 11.4. The summed E-state index contributed by atoms with van der Waals surface area (Å²) in [7, 11) is 0. The lowest BCUT2D eigenvalue weighted by atomic mass is 9.85. The van der Waals surface area contributed by atoms with Crippen LogP contribution in [-0.2, 0) is 12.8 Å². The van der Waals surface area contributed by atoms with Crippen molar-refractivity contribution in [3.63, 3.8) is 0 Å². The Labute approximate surface area is 198 Å². The van der Waals surface area contributed by atoms with Crippen molar-refractivity contribution in [1.29, 1.82) is 0 Å². The van der Waals surface area contributed by atoms with Gasteiger partial charge in [-0.25, -0.2) is 0 Å². The molecule has 0 fully saturated rings. The van der Waals surface area contributed by atoms with E-state index in [0.717, 1.165) is 36.8 Å². The van der Waals surface area contributed by atoms with Crippen molar-refractivity contribution in [1.82, 2.24) is 0 Å². The van der Waals surface area contributed by atoms with Gasteiger partial charge in [0.25, 0.3) is 0 Å². The molecule has 0 saturated heterocycles. The average Bonchev–Trinajstić information content (AvgIpc) is 2.90. The van der Waals surface area contributed by atoms with Gasteiger partial charge in [0.05, 0.1) is 6.10 Å². The molecular formula is C32H32O. The minimum Gasteiger partial charge on any atom is -0.387 e. The summed E-state index contributed by atoms with van der Waals surface area (Å²) in [5.74, 6) is -0.0878. The van der Waals surface area contributed by atoms with E-state index in [2.05, 4.69) is 91.0 Å². The lowest BCUT2D eigenvalue weighted by Gasteiger charge is -2.23. The molecule has 0 aromatic heterocycles. The van der Waals surface area contributed by atoms with E-state index in [9.17, 15) is 5.11 Å². The molecule has 0 radical (unpaired) electrons. The van der Waals surface area contributed by atoms with Gasteiger partial charge in [-0.1, -0.05) is 133 Å². The summed E-state index contributed by atoms with van der Waals surface area (Å²) in [5.41, 5.74) is 6.19. The molecule has 33 heavy (non-hydrogen) atoms. The summed E-state index contributed by atoms with van der Waals surface area (Å²) in [6.45, 7) is 0. The zero-order valence-corrected chi connectivity index (χ0v) is 19.1. The highest BCUT2D eigenvalue weighted by molar-refractivity contribution is 5.32. The summed E-state index contributed by atoms with van der Waals surface area (Å²) in [6, 6.07) is 41.8. The Kier molecular flexibility index (Phi) is 8.27. The van der Waals surface area contributed by atoms with Crippen molar-refractivity contribution < 1.29 is 5.11 Å². The molecule has 2 atom stereocenters. The molecule has 0 aliphatic carbocycles. The van der Waals surface area contributed by atoms with Crippen LogP contribution in [0.1, 0.15) is 47.1 Å². The highest BCUT2D eigenvalue weighted by Crippen LogP contribution is 2.34. The molecule has 0 heterocycles. The van der Waals surface area contributed by atoms with Crippen LogP contribution < -0.4 is 0 Å². The van der Waals surface area contributed by atoms with E-state index in [4.69, 9.17) is 0 Å². The highest BCUT2D eigenvalue weighted by Gasteiger charge is 2.21. The number of allylic oxidation sites excluding steroid dienone is 1. The van der Waals surface area contributed by atoms with Gasteiger partial charge in [0.1, 0.15) is 0 Å². The largest absolute Gasteiger partial charge is 0.387 e. The second-order valence-electron chi connectivity index (χ2n) is 8.59. The topological polar surface area (TPSA) is 20.2 Å². The SMILES string of the molecule is O[C@@H](c1ccccc1)[C@@H](C=C(CCc1ccccc1)CCc1ccccc1)c1ccccc1. The third-order valence-electron chi connectivity index (χ3n) is 6.24. The molecule has 0 amide bonds. The first-order chi connectivity index (χ1) is 16.3. The zero-order valence-electron chi connectivity index (χ0n) is 19.1. The van der Waals surface area contributed by atoms with E-state index in [0.29, 0.717) is 0 Å². The van der Waals surface area contributed by atoms with E-state index in [1.165, 1.54) is 16.7 Å². The second-order valence-corrected chi connectivity index (χ2v) is 8.59. The summed E-state index contributed by atoms with van der Waals surface area (Å²) in [6.07, 6.45) is 5.73. The predicted octanol–water partition coefficient (Wildman–Crippen LogP) is 7.70. The van der Waals surface area contributed by atoms with Crippen molar-refractivity contribution in [2.24, 2.45) is 0 Å². The number of aryl methyl sites for hydroxylation is 2. The maximum Gasteiger partial charge on any atom is 0.0893 e. The Morgan fingerprint density at radius 2 is 0.939 bits per heavy atom. The van der Waals surface area contributed by atoms with Crippen LogP contribution in [0.3, 0.4) is 0 Å². The number of rotatable bonds is 10. The van der Waals surface area contributed by atoms with Crippen LogP contribution in [0, 0.1) is 0 Å². The lowest BCUT2D eigenvalue weighted by molar-refractivity contribution is 0.161. The van der Waals surface area contributed by atoms with Crippen LogP contribution in [0.15, 0.2) is 133 Å². The highest BCUT2D eigenvalue weighted by atomic mass is 16.3. The molecular weight excluding hydrogens is 400 g/mol. The Hall–Kier alpha value is -3.42. The Balaban J connectivity index is 1.63. The first-order valence-corrected chi connectivity index (χ1v) is 11.8. The smallest absolute Gasteiger partial charge is 0.0893 e. The van der Waals surface area contributed by atoms with Crippen molar-refractivity contribution >= 4 is 0 Å². The van der Waals surface area contributed by atoms with Crippen molar-refractivity contribution in [3.8, 4) is 0 Å². The van der Waals surface area contributed by atoms with Crippen LogP contribution in [-0.4, -0.2) is 5.11 Å². The number of aliphatic hydroxyl groups is 1. The van der Waals surface area contributed by atoms with E-state index in [-0.39, 0.29) is 5.92 Å². The molecule has 1 N–H and O–H groups in total. The van der Waals surface area contributed by atoms with Gasteiger partial charge in [-0.3, -0.25) is 0 Å². The van der Waals surface area contributed by atoms with E-state index in [1.54, 1.807) is 0 Å². The second kappa shape index (κ2) is 12.0. The molecule has 166 valence electrons. The third-order valence-corrected chi connectivity index (χ3v) is 6.24. The summed E-state index contributed by atoms with van der Waals surface area (Å²) < 4.78 is 0. The van der Waals surface area contributed by atoms with Gasteiger partial charge in [-0.2, -0.15) is 0 Å². The van der Waals surface area contributed by atoms with Gasteiger partial charge in [0, 0.05) is 5.92 Å². The molecule has 0 aliphatic rings. The zero-order chi connectivity index (χ0) is 22.7. The standard InChI is InChI=1S/C32H32O/c33-32(30-19-11-4-12-20-30)31(29-17-9-3-10-18-29)25-28(23-21-26-13-5-1-6-14-26)24-22-27-15-7-2-8-16-27/h1-20,25,31-33H,21-24H2/t31-,32-/m0/s1. The Bertz CT molecular complexity index is 1060. The molecule has 0 aliphatic heterocycles. The summed E-state index contributed by atoms with van der Waals surface area (Å²) >= 11 is 0. The van der Waals surface area contributed by atoms with Gasteiger partial charge in [0.2, 0.25) is 0 Å². The predicted molar refractivity (Wildman–Crippen MR) is 138 cm³/mol. The normalized spacial score (nSPS) is 12.6. The van der Waals surface area contributed by atoms with Gasteiger partial charge in [-0.05, 0) is 47.9 Å². The molecule has 4 aromatic rings. The Morgan fingerprint density at radius 3 is 1.39 bits per heavy atom. The van der Waals surface area contributed by atoms with Crippen molar-refractivity contribution in [2.45, 2.75) is 37.7 Å². The molecule has 0 bridgehead atoms. The summed E-state index contributed by atoms with van der Waals surface area (Å²) in [4.78, 5) is 0. The fourth-order valence-corrected chi connectivity index (χ4v) is 4.35. The number of aliphatic hydroxyl groups excluding tert-OH is 1. The fourth-order valence-electron chi connectivity index (χ4n) is 4.35. The lowest BCUT2D eigenvalue weighted by Crippen LogP contribution is -2.10. The molecule has 4 rings (SSSR count). The van der Waals surface area contributed by atoms with Crippen LogP contribution in [0.2, 0.25) is 0 Å². The minimum atomic E-state index is -0.586.